The summed E-state index contributed by atoms with van der Waals surface area (Å²) >= 11 is 1.48. The molecule has 0 saturated carbocycles. The molecular formula is C21H20N6O2S. The van der Waals surface area contributed by atoms with Gasteiger partial charge in [-0.15, -0.1) is 16.4 Å². The Morgan fingerprint density at radius 1 is 1.13 bits per heavy atom. The van der Waals surface area contributed by atoms with Gasteiger partial charge in [-0.3, -0.25) is 9.59 Å². The monoisotopic (exact) mass is 420 g/mol. The molecule has 9 heteroatoms. The number of aromatic nitrogens is 4. The molecule has 2 heterocycles. The van der Waals surface area contributed by atoms with Crippen molar-refractivity contribution in [3.05, 3.63) is 65.1 Å². The van der Waals surface area contributed by atoms with Gasteiger partial charge in [-0.05, 0) is 36.4 Å². The fourth-order valence-electron chi connectivity index (χ4n) is 3.02. The smallest absolute Gasteiger partial charge is 0.249 e. The predicted molar refractivity (Wildman–Crippen MR) is 116 cm³/mol. The number of anilines is 2. The van der Waals surface area contributed by atoms with E-state index in [4.69, 9.17) is 0 Å². The van der Waals surface area contributed by atoms with Crippen LogP contribution in [0, 0.1) is 0 Å². The molecule has 0 bridgehead atoms. The summed E-state index contributed by atoms with van der Waals surface area (Å²) in [5.41, 5.74) is 5.50. The quantitative estimate of drug-likeness (QED) is 0.494. The zero-order chi connectivity index (χ0) is 20.9. The molecule has 2 aromatic heterocycles. The van der Waals surface area contributed by atoms with E-state index >= 15 is 0 Å². The summed E-state index contributed by atoms with van der Waals surface area (Å²) in [6.07, 6.45) is 0.405. The number of para-hydroxylation sites is 1. The van der Waals surface area contributed by atoms with Crippen molar-refractivity contribution in [3.63, 3.8) is 0 Å². The lowest BCUT2D eigenvalue weighted by atomic mass is 10.2. The van der Waals surface area contributed by atoms with Crippen LogP contribution < -0.4 is 10.2 Å². The van der Waals surface area contributed by atoms with Crippen LogP contribution in [0.15, 0.2) is 59.4 Å². The fraction of sp³-hybridized carbons (Fsp3) is 0.190. The number of nitrogens with zero attached hydrogens (tertiary/aromatic N) is 5. The van der Waals surface area contributed by atoms with Crippen molar-refractivity contribution in [3.8, 4) is 0 Å². The van der Waals surface area contributed by atoms with E-state index in [1.807, 2.05) is 41.8 Å². The number of carbonyl (C=O) groups is 2. The van der Waals surface area contributed by atoms with E-state index in [1.54, 1.807) is 34.1 Å². The number of hydrogen-bond donors (Lipinski definition) is 1. The van der Waals surface area contributed by atoms with Crippen LogP contribution in [0.3, 0.4) is 0 Å². The van der Waals surface area contributed by atoms with Gasteiger partial charge in [0.15, 0.2) is 0 Å². The standard InChI is InChI=1S/C21H20N6O2S/c1-2-20(28)23-15-7-9-17(10-8-15)26(11-16-13-30-14-22-16)21(29)12-27-19-6-4-3-5-18(19)24-25-27/h3-10,13-14H,2,11-12H2,1H3,(H,23,28). The minimum Gasteiger partial charge on any atom is -0.326 e. The summed E-state index contributed by atoms with van der Waals surface area (Å²) in [4.78, 5) is 30.8. The van der Waals surface area contributed by atoms with Crippen LogP contribution in [0.25, 0.3) is 11.0 Å². The number of nitrogens with one attached hydrogen (secondary N) is 1. The molecule has 0 aliphatic rings. The summed E-state index contributed by atoms with van der Waals surface area (Å²) < 4.78 is 1.60. The van der Waals surface area contributed by atoms with Gasteiger partial charge < -0.3 is 10.2 Å². The van der Waals surface area contributed by atoms with Crippen LogP contribution in [0.5, 0.6) is 0 Å². The first kappa shape index (κ1) is 19.7. The third-order valence-corrected chi connectivity index (χ3v) is 5.23. The van der Waals surface area contributed by atoms with Gasteiger partial charge in [-0.2, -0.15) is 0 Å². The Balaban J connectivity index is 1.59. The Morgan fingerprint density at radius 3 is 2.67 bits per heavy atom. The molecule has 1 N–H and O–H groups in total. The third-order valence-electron chi connectivity index (χ3n) is 4.59. The van der Waals surface area contributed by atoms with Gasteiger partial charge in [-0.1, -0.05) is 24.3 Å². The van der Waals surface area contributed by atoms with E-state index in [0.29, 0.717) is 24.3 Å². The van der Waals surface area contributed by atoms with Crippen molar-refractivity contribution in [2.24, 2.45) is 0 Å². The first-order valence-corrected chi connectivity index (χ1v) is 10.4. The average molecular weight is 420 g/mol. The average Bonchev–Trinajstić information content (AvgIpc) is 3.43. The zero-order valence-corrected chi connectivity index (χ0v) is 17.2. The van der Waals surface area contributed by atoms with Crippen LogP contribution >= 0.6 is 11.3 Å². The van der Waals surface area contributed by atoms with Crippen LogP contribution in [-0.2, 0) is 22.7 Å². The Kier molecular flexibility index (Phi) is 5.80. The highest BCUT2D eigenvalue weighted by Gasteiger charge is 2.19. The third kappa shape index (κ3) is 4.36. The van der Waals surface area contributed by atoms with Crippen molar-refractivity contribution < 1.29 is 9.59 Å². The normalized spacial score (nSPS) is 10.8. The maximum atomic E-state index is 13.2. The van der Waals surface area contributed by atoms with Crippen molar-refractivity contribution in [1.82, 2.24) is 20.0 Å². The highest BCUT2D eigenvalue weighted by molar-refractivity contribution is 7.07. The Morgan fingerprint density at radius 2 is 1.93 bits per heavy atom. The van der Waals surface area contributed by atoms with Gasteiger partial charge in [-0.25, -0.2) is 9.67 Å². The van der Waals surface area contributed by atoms with E-state index in [0.717, 1.165) is 16.7 Å². The van der Waals surface area contributed by atoms with Gasteiger partial charge in [0, 0.05) is 23.2 Å². The number of carbonyl (C=O) groups excluding carboxylic acids is 2. The van der Waals surface area contributed by atoms with E-state index in [2.05, 4.69) is 20.6 Å². The number of rotatable bonds is 7. The molecule has 0 aliphatic heterocycles. The fourth-order valence-corrected chi connectivity index (χ4v) is 3.57. The molecule has 0 unspecified atom stereocenters. The summed E-state index contributed by atoms with van der Waals surface area (Å²) in [6, 6.07) is 14.7. The molecule has 0 atom stereocenters. The molecule has 0 saturated heterocycles. The molecular weight excluding hydrogens is 400 g/mol. The first-order chi connectivity index (χ1) is 14.6. The summed E-state index contributed by atoms with van der Waals surface area (Å²) in [6.45, 7) is 2.19. The van der Waals surface area contributed by atoms with E-state index in [-0.39, 0.29) is 18.4 Å². The number of amides is 2. The van der Waals surface area contributed by atoms with Gasteiger partial charge in [0.2, 0.25) is 11.8 Å². The highest BCUT2D eigenvalue weighted by atomic mass is 32.1. The molecule has 4 rings (SSSR count). The molecule has 8 nitrogen and oxygen atoms in total. The van der Waals surface area contributed by atoms with E-state index in [1.165, 1.54) is 11.3 Å². The van der Waals surface area contributed by atoms with Crippen LogP contribution in [-0.4, -0.2) is 31.8 Å². The second-order valence-corrected chi connectivity index (χ2v) is 7.36. The summed E-state index contributed by atoms with van der Waals surface area (Å²) in [5, 5.41) is 13.0. The first-order valence-electron chi connectivity index (χ1n) is 9.49. The van der Waals surface area contributed by atoms with Crippen molar-refractivity contribution in [2.75, 3.05) is 10.2 Å². The second kappa shape index (κ2) is 8.83. The Hall–Kier alpha value is -3.59. The molecule has 4 aromatic rings. The zero-order valence-electron chi connectivity index (χ0n) is 16.4. The van der Waals surface area contributed by atoms with Gasteiger partial charge in [0.25, 0.3) is 0 Å². The number of thiazole rings is 1. The van der Waals surface area contributed by atoms with Crippen LogP contribution in [0.4, 0.5) is 11.4 Å². The topological polar surface area (TPSA) is 93.0 Å². The maximum absolute atomic E-state index is 13.2. The minimum atomic E-state index is -0.135. The Bertz CT molecular complexity index is 1150. The number of benzene rings is 2. The van der Waals surface area contributed by atoms with Crippen molar-refractivity contribution in [2.45, 2.75) is 26.4 Å². The Labute approximate surface area is 177 Å². The van der Waals surface area contributed by atoms with Gasteiger partial charge in [0.1, 0.15) is 12.1 Å². The van der Waals surface area contributed by atoms with Gasteiger partial charge >= 0.3 is 0 Å². The van der Waals surface area contributed by atoms with Crippen molar-refractivity contribution >= 4 is 45.6 Å². The molecule has 0 aliphatic carbocycles. The minimum absolute atomic E-state index is 0.0545. The molecule has 152 valence electrons. The van der Waals surface area contributed by atoms with E-state index < -0.39 is 0 Å². The number of fused-ring (bicyclic) bond motifs is 1. The van der Waals surface area contributed by atoms with Crippen molar-refractivity contribution in [1.29, 1.82) is 0 Å². The second-order valence-electron chi connectivity index (χ2n) is 6.64. The molecule has 0 spiro atoms. The largest absolute Gasteiger partial charge is 0.326 e. The molecule has 0 radical (unpaired) electrons. The maximum Gasteiger partial charge on any atom is 0.249 e. The van der Waals surface area contributed by atoms with E-state index in [9.17, 15) is 9.59 Å². The van der Waals surface area contributed by atoms with Crippen LogP contribution in [0.1, 0.15) is 19.0 Å². The lowest BCUT2D eigenvalue weighted by Crippen LogP contribution is -2.33. The highest BCUT2D eigenvalue weighted by Crippen LogP contribution is 2.22. The number of hydrogen-bond acceptors (Lipinski definition) is 6. The lowest BCUT2D eigenvalue weighted by Gasteiger charge is -2.22. The summed E-state index contributed by atoms with van der Waals surface area (Å²) in [7, 11) is 0. The van der Waals surface area contributed by atoms with Crippen LogP contribution in [0.2, 0.25) is 0 Å². The molecule has 30 heavy (non-hydrogen) atoms. The molecule has 2 amide bonds. The molecule has 2 aromatic carbocycles. The van der Waals surface area contributed by atoms with Gasteiger partial charge in [0.05, 0.1) is 23.3 Å². The summed E-state index contributed by atoms with van der Waals surface area (Å²) in [5.74, 6) is -0.194. The SMILES string of the molecule is CCC(=O)Nc1ccc(N(Cc2cscn2)C(=O)Cn2nnc3ccccc32)cc1. The lowest BCUT2D eigenvalue weighted by molar-refractivity contribution is -0.119. The molecule has 0 fully saturated rings. The predicted octanol–water partition coefficient (Wildman–Crippen LogP) is 3.47.